The highest BCUT2D eigenvalue weighted by Gasteiger charge is 2.07. The van der Waals surface area contributed by atoms with E-state index in [0.717, 1.165) is 10.9 Å². The van der Waals surface area contributed by atoms with Crippen molar-refractivity contribution in [3.63, 3.8) is 0 Å². The SMILES string of the molecule is C=CCNC(=O)Cn1ccc2cccc(Cl)c21. The smallest absolute Gasteiger partial charge is 0.240 e. The fourth-order valence-electron chi connectivity index (χ4n) is 1.74. The molecular formula is C13H13ClN2O. The summed E-state index contributed by atoms with van der Waals surface area (Å²) in [5.41, 5.74) is 0.892. The molecule has 0 radical (unpaired) electrons. The molecule has 0 aliphatic heterocycles. The average molecular weight is 249 g/mol. The van der Waals surface area contributed by atoms with E-state index >= 15 is 0 Å². The summed E-state index contributed by atoms with van der Waals surface area (Å²) in [5.74, 6) is -0.0534. The first kappa shape index (κ1) is 11.7. The maximum absolute atomic E-state index is 11.6. The van der Waals surface area contributed by atoms with Gasteiger partial charge in [-0.05, 0) is 12.1 Å². The molecular weight excluding hydrogens is 236 g/mol. The Bertz CT molecular complexity index is 560. The summed E-state index contributed by atoms with van der Waals surface area (Å²) in [7, 11) is 0. The van der Waals surface area contributed by atoms with Crippen LogP contribution >= 0.6 is 11.6 Å². The zero-order chi connectivity index (χ0) is 12.3. The number of hydrogen-bond donors (Lipinski definition) is 1. The van der Waals surface area contributed by atoms with Crippen LogP contribution in [0.2, 0.25) is 5.02 Å². The molecule has 1 aromatic carbocycles. The molecule has 0 bridgehead atoms. The van der Waals surface area contributed by atoms with Crippen molar-refractivity contribution in [2.75, 3.05) is 6.54 Å². The van der Waals surface area contributed by atoms with Crippen molar-refractivity contribution in [3.05, 3.63) is 48.1 Å². The van der Waals surface area contributed by atoms with Crippen LogP contribution < -0.4 is 5.32 Å². The first-order chi connectivity index (χ1) is 8.22. The van der Waals surface area contributed by atoms with Gasteiger partial charge in [0.05, 0.1) is 10.5 Å². The highest BCUT2D eigenvalue weighted by Crippen LogP contribution is 2.24. The Balaban J connectivity index is 2.24. The lowest BCUT2D eigenvalue weighted by molar-refractivity contribution is -0.121. The van der Waals surface area contributed by atoms with Crippen molar-refractivity contribution in [3.8, 4) is 0 Å². The average Bonchev–Trinajstić information content (AvgIpc) is 2.71. The zero-order valence-electron chi connectivity index (χ0n) is 9.32. The second kappa shape index (κ2) is 5.06. The zero-order valence-corrected chi connectivity index (χ0v) is 10.1. The fourth-order valence-corrected chi connectivity index (χ4v) is 2.03. The highest BCUT2D eigenvalue weighted by atomic mass is 35.5. The summed E-state index contributed by atoms with van der Waals surface area (Å²) in [6.07, 6.45) is 3.52. The molecule has 0 fully saturated rings. The fraction of sp³-hybridized carbons (Fsp3) is 0.154. The van der Waals surface area contributed by atoms with Gasteiger partial charge in [0.2, 0.25) is 5.91 Å². The third-order valence-electron chi connectivity index (χ3n) is 2.50. The second-order valence-electron chi connectivity index (χ2n) is 3.71. The Morgan fingerprint density at radius 2 is 2.29 bits per heavy atom. The van der Waals surface area contributed by atoms with Gasteiger partial charge in [0, 0.05) is 18.1 Å². The Hall–Kier alpha value is -1.74. The van der Waals surface area contributed by atoms with Crippen molar-refractivity contribution < 1.29 is 4.79 Å². The lowest BCUT2D eigenvalue weighted by Gasteiger charge is -2.06. The molecule has 0 aliphatic rings. The minimum atomic E-state index is -0.0534. The van der Waals surface area contributed by atoms with Gasteiger partial charge in [0.1, 0.15) is 6.54 Å². The molecule has 0 saturated heterocycles. The molecule has 4 heteroatoms. The van der Waals surface area contributed by atoms with Crippen LogP contribution in [0.4, 0.5) is 0 Å². The number of hydrogen-bond acceptors (Lipinski definition) is 1. The Labute approximate surface area is 105 Å². The van der Waals surface area contributed by atoms with Gasteiger partial charge in [-0.1, -0.05) is 29.8 Å². The molecule has 0 saturated carbocycles. The van der Waals surface area contributed by atoms with Gasteiger partial charge in [0.15, 0.2) is 0 Å². The van der Waals surface area contributed by atoms with Gasteiger partial charge in [-0.25, -0.2) is 0 Å². The van der Waals surface area contributed by atoms with E-state index in [2.05, 4.69) is 11.9 Å². The number of fused-ring (bicyclic) bond motifs is 1. The number of halogens is 1. The van der Waals surface area contributed by atoms with Crippen molar-refractivity contribution in [2.45, 2.75) is 6.54 Å². The van der Waals surface area contributed by atoms with Crippen LogP contribution in [0, 0.1) is 0 Å². The maximum Gasteiger partial charge on any atom is 0.240 e. The van der Waals surface area contributed by atoms with Gasteiger partial charge in [-0.3, -0.25) is 4.79 Å². The number of carbonyl (C=O) groups excluding carboxylic acids is 1. The van der Waals surface area contributed by atoms with E-state index in [0.29, 0.717) is 11.6 Å². The molecule has 1 N–H and O–H groups in total. The summed E-state index contributed by atoms with van der Waals surface area (Å²) in [5, 5.41) is 4.43. The molecule has 0 spiro atoms. The lowest BCUT2D eigenvalue weighted by Crippen LogP contribution is -2.27. The van der Waals surface area contributed by atoms with E-state index in [4.69, 9.17) is 11.6 Å². The largest absolute Gasteiger partial charge is 0.351 e. The number of nitrogens with zero attached hydrogens (tertiary/aromatic N) is 1. The van der Waals surface area contributed by atoms with Gasteiger partial charge in [0.25, 0.3) is 0 Å². The summed E-state index contributed by atoms with van der Waals surface area (Å²) in [6, 6.07) is 7.64. The van der Waals surface area contributed by atoms with Crippen LogP contribution in [-0.4, -0.2) is 17.0 Å². The summed E-state index contributed by atoms with van der Waals surface area (Å²) < 4.78 is 1.84. The third-order valence-corrected chi connectivity index (χ3v) is 2.80. The van der Waals surface area contributed by atoms with E-state index < -0.39 is 0 Å². The van der Waals surface area contributed by atoms with Crippen LogP contribution in [0.25, 0.3) is 10.9 Å². The molecule has 17 heavy (non-hydrogen) atoms. The first-order valence-electron chi connectivity index (χ1n) is 5.33. The van der Waals surface area contributed by atoms with Crippen molar-refractivity contribution >= 4 is 28.4 Å². The third kappa shape index (κ3) is 2.50. The monoisotopic (exact) mass is 248 g/mol. The molecule has 2 rings (SSSR count). The second-order valence-corrected chi connectivity index (χ2v) is 4.12. The molecule has 1 aromatic heterocycles. The minimum absolute atomic E-state index is 0.0534. The quantitative estimate of drug-likeness (QED) is 0.830. The van der Waals surface area contributed by atoms with Gasteiger partial charge >= 0.3 is 0 Å². The van der Waals surface area contributed by atoms with Gasteiger partial charge < -0.3 is 9.88 Å². The topological polar surface area (TPSA) is 34.0 Å². The van der Waals surface area contributed by atoms with Crippen LogP contribution in [0.1, 0.15) is 0 Å². The number of benzene rings is 1. The number of para-hydroxylation sites is 1. The van der Waals surface area contributed by atoms with Crippen LogP contribution in [-0.2, 0) is 11.3 Å². The number of amides is 1. The normalized spacial score (nSPS) is 10.4. The lowest BCUT2D eigenvalue weighted by atomic mass is 10.2. The predicted octanol–water partition coefficient (Wildman–Crippen LogP) is 2.60. The van der Waals surface area contributed by atoms with Crippen molar-refractivity contribution in [2.24, 2.45) is 0 Å². The predicted molar refractivity (Wildman–Crippen MR) is 70.2 cm³/mol. The standard InChI is InChI=1S/C13H13ClN2O/c1-2-7-15-12(17)9-16-8-6-10-4-3-5-11(14)13(10)16/h2-6,8H,1,7,9H2,(H,15,17). The Morgan fingerprint density at radius 3 is 3.06 bits per heavy atom. The van der Waals surface area contributed by atoms with E-state index in [9.17, 15) is 4.79 Å². The van der Waals surface area contributed by atoms with E-state index in [1.165, 1.54) is 0 Å². The minimum Gasteiger partial charge on any atom is -0.351 e. The Kier molecular flexibility index (Phi) is 3.49. The van der Waals surface area contributed by atoms with E-state index in [1.807, 2.05) is 35.0 Å². The highest BCUT2D eigenvalue weighted by molar-refractivity contribution is 6.35. The van der Waals surface area contributed by atoms with Crippen LogP contribution in [0.15, 0.2) is 43.1 Å². The number of aromatic nitrogens is 1. The molecule has 2 aromatic rings. The van der Waals surface area contributed by atoms with Gasteiger partial charge in [-0.15, -0.1) is 6.58 Å². The molecule has 3 nitrogen and oxygen atoms in total. The molecule has 0 unspecified atom stereocenters. The summed E-state index contributed by atoms with van der Waals surface area (Å²) >= 11 is 6.12. The summed E-state index contributed by atoms with van der Waals surface area (Å²) in [4.78, 5) is 11.6. The molecule has 1 amide bonds. The number of rotatable bonds is 4. The van der Waals surface area contributed by atoms with Crippen LogP contribution in [0.3, 0.4) is 0 Å². The van der Waals surface area contributed by atoms with Crippen molar-refractivity contribution in [1.82, 2.24) is 9.88 Å². The van der Waals surface area contributed by atoms with E-state index in [1.54, 1.807) is 6.08 Å². The maximum atomic E-state index is 11.6. The summed E-state index contributed by atoms with van der Waals surface area (Å²) in [6.45, 7) is 4.29. The molecule has 1 heterocycles. The van der Waals surface area contributed by atoms with Gasteiger partial charge in [-0.2, -0.15) is 0 Å². The first-order valence-corrected chi connectivity index (χ1v) is 5.71. The molecule has 0 aliphatic carbocycles. The van der Waals surface area contributed by atoms with Crippen LogP contribution in [0.5, 0.6) is 0 Å². The number of carbonyl (C=O) groups is 1. The van der Waals surface area contributed by atoms with E-state index in [-0.39, 0.29) is 12.5 Å². The number of nitrogens with one attached hydrogen (secondary N) is 1. The molecule has 88 valence electrons. The molecule has 0 atom stereocenters. The van der Waals surface area contributed by atoms with Crippen molar-refractivity contribution in [1.29, 1.82) is 0 Å². The Morgan fingerprint density at radius 1 is 1.47 bits per heavy atom.